The van der Waals surface area contributed by atoms with Crippen molar-refractivity contribution in [3.8, 4) is 0 Å². The van der Waals surface area contributed by atoms with Crippen molar-refractivity contribution in [2.75, 3.05) is 13.1 Å². The van der Waals surface area contributed by atoms with E-state index in [0.29, 0.717) is 0 Å². The third kappa shape index (κ3) is 3.02. The number of carbonyl (C=O) groups is 1. The molecule has 1 heterocycles. The summed E-state index contributed by atoms with van der Waals surface area (Å²) in [7, 11) is 0. The molecule has 0 saturated carbocycles. The Kier molecular flexibility index (Phi) is 3.80. The third-order valence-electron chi connectivity index (χ3n) is 2.56. The van der Waals surface area contributed by atoms with Crippen LogP contribution < -0.4 is 11.1 Å². The molecule has 4 nitrogen and oxygen atoms in total. The van der Waals surface area contributed by atoms with Crippen LogP contribution in [-0.2, 0) is 4.79 Å². The number of hydrogen-bond donors (Lipinski definition) is 3. The first-order valence-corrected chi connectivity index (χ1v) is 4.98. The Labute approximate surface area is 89.7 Å². The Hall–Kier alpha value is -1.42. The molecule has 1 aliphatic rings. The first-order valence-electron chi connectivity index (χ1n) is 4.98. The molecule has 0 bridgehead atoms. The summed E-state index contributed by atoms with van der Waals surface area (Å²) in [5.74, 6) is -0.679. The SMILES string of the molecule is CC1=C(/C(C)=C\C(=N)C(N)=O)CCNC1. The van der Waals surface area contributed by atoms with Crippen molar-refractivity contribution in [1.82, 2.24) is 5.32 Å². The van der Waals surface area contributed by atoms with Gasteiger partial charge in [0, 0.05) is 6.54 Å². The van der Waals surface area contributed by atoms with Crippen molar-refractivity contribution in [2.24, 2.45) is 5.73 Å². The molecule has 0 spiro atoms. The summed E-state index contributed by atoms with van der Waals surface area (Å²) in [6.07, 6.45) is 2.49. The van der Waals surface area contributed by atoms with E-state index in [4.69, 9.17) is 11.1 Å². The number of hydrogen-bond acceptors (Lipinski definition) is 3. The lowest BCUT2D eigenvalue weighted by Gasteiger charge is -2.19. The highest BCUT2D eigenvalue weighted by Crippen LogP contribution is 2.20. The van der Waals surface area contributed by atoms with Crippen LogP contribution in [0.3, 0.4) is 0 Å². The predicted molar refractivity (Wildman–Crippen MR) is 60.9 cm³/mol. The fourth-order valence-electron chi connectivity index (χ4n) is 1.72. The van der Waals surface area contributed by atoms with Gasteiger partial charge >= 0.3 is 0 Å². The number of amides is 1. The second-order valence-electron chi connectivity index (χ2n) is 3.79. The zero-order valence-electron chi connectivity index (χ0n) is 9.18. The van der Waals surface area contributed by atoms with Crippen LogP contribution in [0.4, 0.5) is 0 Å². The molecular formula is C11H17N3O. The van der Waals surface area contributed by atoms with Crippen molar-refractivity contribution in [3.63, 3.8) is 0 Å². The van der Waals surface area contributed by atoms with Crippen LogP contribution in [0.25, 0.3) is 0 Å². The van der Waals surface area contributed by atoms with Gasteiger partial charge in [-0.3, -0.25) is 10.2 Å². The lowest BCUT2D eigenvalue weighted by atomic mass is 9.95. The number of primary amides is 1. The lowest BCUT2D eigenvalue weighted by Crippen LogP contribution is -2.25. The molecule has 4 N–H and O–H groups in total. The van der Waals surface area contributed by atoms with Crippen LogP contribution in [0, 0.1) is 5.41 Å². The molecule has 1 rings (SSSR count). The van der Waals surface area contributed by atoms with Crippen LogP contribution >= 0.6 is 0 Å². The van der Waals surface area contributed by atoms with Crippen LogP contribution in [0.15, 0.2) is 22.8 Å². The molecule has 0 atom stereocenters. The molecule has 0 unspecified atom stereocenters. The van der Waals surface area contributed by atoms with E-state index in [-0.39, 0.29) is 5.71 Å². The van der Waals surface area contributed by atoms with Gasteiger partial charge in [-0.2, -0.15) is 0 Å². The summed E-state index contributed by atoms with van der Waals surface area (Å²) < 4.78 is 0. The van der Waals surface area contributed by atoms with E-state index in [0.717, 1.165) is 25.1 Å². The largest absolute Gasteiger partial charge is 0.364 e. The Morgan fingerprint density at radius 3 is 2.80 bits per heavy atom. The van der Waals surface area contributed by atoms with Gasteiger partial charge in [0.05, 0.1) is 0 Å². The maximum Gasteiger partial charge on any atom is 0.266 e. The minimum Gasteiger partial charge on any atom is -0.364 e. The van der Waals surface area contributed by atoms with Crippen molar-refractivity contribution in [3.05, 3.63) is 22.8 Å². The standard InChI is InChI=1S/C11H17N3O/c1-7(5-10(12)11(13)15)9-3-4-14-6-8(9)2/h5,12,14H,3-4,6H2,1-2H3,(H2,13,15)/b7-5-,12-10?. The van der Waals surface area contributed by atoms with E-state index >= 15 is 0 Å². The summed E-state index contributed by atoms with van der Waals surface area (Å²) in [5, 5.41) is 10.6. The Morgan fingerprint density at radius 2 is 2.27 bits per heavy atom. The highest BCUT2D eigenvalue weighted by molar-refractivity contribution is 6.41. The first-order chi connectivity index (χ1) is 7.02. The third-order valence-corrected chi connectivity index (χ3v) is 2.56. The monoisotopic (exact) mass is 207 g/mol. The van der Waals surface area contributed by atoms with Crippen LogP contribution in [0.2, 0.25) is 0 Å². The number of allylic oxidation sites excluding steroid dienone is 1. The van der Waals surface area contributed by atoms with Crippen molar-refractivity contribution < 1.29 is 4.79 Å². The molecular weight excluding hydrogens is 190 g/mol. The summed E-state index contributed by atoms with van der Waals surface area (Å²) in [5.41, 5.74) is 8.36. The van der Waals surface area contributed by atoms with Gasteiger partial charge in [-0.05, 0) is 44.0 Å². The highest BCUT2D eigenvalue weighted by atomic mass is 16.1. The molecule has 0 aromatic carbocycles. The van der Waals surface area contributed by atoms with E-state index < -0.39 is 5.91 Å². The van der Waals surface area contributed by atoms with Crippen LogP contribution in [-0.4, -0.2) is 24.7 Å². The van der Waals surface area contributed by atoms with Crippen LogP contribution in [0.1, 0.15) is 20.3 Å². The van der Waals surface area contributed by atoms with Gasteiger partial charge in [-0.25, -0.2) is 0 Å². The van der Waals surface area contributed by atoms with Gasteiger partial charge in [0.25, 0.3) is 5.91 Å². The average Bonchev–Trinajstić information content (AvgIpc) is 2.18. The number of nitrogens with two attached hydrogens (primary N) is 1. The quantitative estimate of drug-likeness (QED) is 0.597. The number of carbonyl (C=O) groups excluding carboxylic acids is 1. The summed E-state index contributed by atoms with van der Waals surface area (Å²) in [6.45, 7) is 5.81. The van der Waals surface area contributed by atoms with Gasteiger partial charge in [0.2, 0.25) is 0 Å². The molecule has 0 aliphatic carbocycles. The predicted octanol–water partition coefficient (Wildman–Crippen LogP) is 0.748. The Balaban J connectivity index is 2.88. The molecule has 15 heavy (non-hydrogen) atoms. The zero-order chi connectivity index (χ0) is 11.4. The molecule has 0 radical (unpaired) electrons. The Bertz CT molecular complexity index is 353. The first kappa shape index (κ1) is 11.7. The van der Waals surface area contributed by atoms with E-state index in [2.05, 4.69) is 12.2 Å². The molecule has 0 fully saturated rings. The van der Waals surface area contributed by atoms with Crippen molar-refractivity contribution >= 4 is 11.6 Å². The molecule has 4 heteroatoms. The fraction of sp³-hybridized carbons (Fsp3) is 0.455. The zero-order valence-corrected chi connectivity index (χ0v) is 9.18. The minimum absolute atomic E-state index is 0.133. The maximum atomic E-state index is 10.7. The highest BCUT2D eigenvalue weighted by Gasteiger charge is 2.11. The van der Waals surface area contributed by atoms with Crippen molar-refractivity contribution in [2.45, 2.75) is 20.3 Å². The van der Waals surface area contributed by atoms with Gasteiger partial charge in [-0.15, -0.1) is 0 Å². The summed E-state index contributed by atoms with van der Waals surface area (Å²) in [6, 6.07) is 0. The van der Waals surface area contributed by atoms with E-state index in [9.17, 15) is 4.79 Å². The molecule has 0 aromatic heterocycles. The molecule has 82 valence electrons. The molecule has 0 aromatic rings. The van der Waals surface area contributed by atoms with Crippen molar-refractivity contribution in [1.29, 1.82) is 5.41 Å². The van der Waals surface area contributed by atoms with Gasteiger partial charge in [0.1, 0.15) is 5.71 Å². The number of rotatable bonds is 3. The second kappa shape index (κ2) is 4.89. The normalized spacial score (nSPS) is 17.9. The average molecular weight is 207 g/mol. The van der Waals surface area contributed by atoms with E-state index in [1.807, 2.05) is 6.92 Å². The Morgan fingerprint density at radius 1 is 1.60 bits per heavy atom. The smallest absolute Gasteiger partial charge is 0.266 e. The second-order valence-corrected chi connectivity index (χ2v) is 3.79. The number of nitrogens with one attached hydrogen (secondary N) is 2. The lowest BCUT2D eigenvalue weighted by molar-refractivity contribution is -0.111. The minimum atomic E-state index is -0.679. The van der Waals surface area contributed by atoms with Gasteiger partial charge < -0.3 is 11.1 Å². The topological polar surface area (TPSA) is 79.0 Å². The van der Waals surface area contributed by atoms with E-state index in [1.54, 1.807) is 6.08 Å². The molecule has 1 aliphatic heterocycles. The molecule has 0 saturated heterocycles. The van der Waals surface area contributed by atoms with Gasteiger partial charge in [-0.1, -0.05) is 5.57 Å². The van der Waals surface area contributed by atoms with Crippen LogP contribution in [0.5, 0.6) is 0 Å². The van der Waals surface area contributed by atoms with Gasteiger partial charge in [0.15, 0.2) is 0 Å². The fourth-order valence-corrected chi connectivity index (χ4v) is 1.72. The summed E-state index contributed by atoms with van der Waals surface area (Å²) >= 11 is 0. The van der Waals surface area contributed by atoms with E-state index in [1.165, 1.54) is 11.1 Å². The summed E-state index contributed by atoms with van der Waals surface area (Å²) in [4.78, 5) is 10.7. The maximum absolute atomic E-state index is 10.7. The molecule has 1 amide bonds.